The Morgan fingerprint density at radius 1 is 1.38 bits per heavy atom. The van der Waals surface area contributed by atoms with Crippen molar-refractivity contribution in [3.8, 4) is 0 Å². The number of hydrogen-bond donors (Lipinski definition) is 3. The maximum atomic E-state index is 13.4. The van der Waals surface area contributed by atoms with E-state index in [4.69, 9.17) is 9.84 Å². The van der Waals surface area contributed by atoms with Gasteiger partial charge in [0, 0.05) is 19.7 Å². The van der Waals surface area contributed by atoms with E-state index in [1.54, 1.807) is 0 Å². The minimum Gasteiger partial charge on any atom is -0.481 e. The minimum absolute atomic E-state index is 0.000143. The molecule has 0 heterocycles. The molecule has 6 nitrogen and oxygen atoms in total. The van der Waals surface area contributed by atoms with Crippen molar-refractivity contribution in [2.75, 3.05) is 19.0 Å². The van der Waals surface area contributed by atoms with Gasteiger partial charge in [-0.25, -0.2) is 13.6 Å². The van der Waals surface area contributed by atoms with E-state index in [-0.39, 0.29) is 23.1 Å². The van der Waals surface area contributed by atoms with Gasteiger partial charge in [0.05, 0.1) is 22.7 Å². The second-order valence-electron chi connectivity index (χ2n) is 4.04. The van der Waals surface area contributed by atoms with Crippen LogP contribution in [0.2, 0.25) is 0 Å². The lowest BCUT2D eigenvalue weighted by molar-refractivity contribution is -0.139. The van der Waals surface area contributed by atoms with Crippen LogP contribution in [0.3, 0.4) is 0 Å². The Morgan fingerprint density at radius 3 is 2.62 bits per heavy atom. The molecule has 1 aromatic carbocycles. The Labute approximate surface area is 127 Å². The number of urea groups is 1. The summed E-state index contributed by atoms with van der Waals surface area (Å²) in [5, 5.41) is 13.1. The second-order valence-corrected chi connectivity index (χ2v) is 4.89. The van der Waals surface area contributed by atoms with Crippen LogP contribution in [-0.4, -0.2) is 36.9 Å². The van der Waals surface area contributed by atoms with Gasteiger partial charge in [-0.2, -0.15) is 0 Å². The maximum absolute atomic E-state index is 13.4. The summed E-state index contributed by atoms with van der Waals surface area (Å²) >= 11 is 2.87. The fraction of sp³-hybridized carbons (Fsp3) is 0.333. The molecule has 1 atom stereocenters. The molecule has 0 aromatic heterocycles. The number of anilines is 1. The molecule has 0 aliphatic heterocycles. The van der Waals surface area contributed by atoms with Gasteiger partial charge in [0.25, 0.3) is 0 Å². The highest BCUT2D eigenvalue weighted by Crippen LogP contribution is 2.23. The second kappa shape index (κ2) is 7.89. The third-order valence-electron chi connectivity index (χ3n) is 2.48. The number of carboxylic acid groups (broad SMARTS) is 1. The zero-order chi connectivity index (χ0) is 16.0. The van der Waals surface area contributed by atoms with Gasteiger partial charge in [-0.15, -0.1) is 0 Å². The minimum atomic E-state index is -1.07. The van der Waals surface area contributed by atoms with Crippen LogP contribution in [0.1, 0.15) is 6.42 Å². The van der Waals surface area contributed by atoms with Gasteiger partial charge >= 0.3 is 12.0 Å². The summed E-state index contributed by atoms with van der Waals surface area (Å²) in [6, 6.07) is 0.942. The van der Waals surface area contributed by atoms with Gasteiger partial charge in [0.15, 0.2) is 0 Å². The summed E-state index contributed by atoms with van der Waals surface area (Å²) in [5.41, 5.74) is -0.215. The summed E-state index contributed by atoms with van der Waals surface area (Å²) in [4.78, 5) is 22.1. The SMILES string of the molecule is COC(CNC(=O)Nc1cc(Br)c(F)cc1F)CC(=O)O. The molecule has 0 aliphatic rings. The van der Waals surface area contributed by atoms with Crippen LogP contribution in [0.15, 0.2) is 16.6 Å². The molecule has 9 heteroatoms. The van der Waals surface area contributed by atoms with Gasteiger partial charge in [0.1, 0.15) is 11.6 Å². The van der Waals surface area contributed by atoms with Gasteiger partial charge < -0.3 is 20.5 Å². The number of nitrogens with one attached hydrogen (secondary N) is 2. The van der Waals surface area contributed by atoms with Crippen molar-refractivity contribution in [3.05, 3.63) is 28.2 Å². The molecule has 0 bridgehead atoms. The lowest BCUT2D eigenvalue weighted by Crippen LogP contribution is -2.37. The zero-order valence-corrected chi connectivity index (χ0v) is 12.5. The molecule has 0 saturated heterocycles. The topological polar surface area (TPSA) is 87.7 Å². The maximum Gasteiger partial charge on any atom is 0.319 e. The summed E-state index contributed by atoms with van der Waals surface area (Å²) < 4.78 is 31.3. The van der Waals surface area contributed by atoms with Crippen LogP contribution < -0.4 is 10.6 Å². The first-order valence-electron chi connectivity index (χ1n) is 5.77. The van der Waals surface area contributed by atoms with E-state index in [1.807, 2.05) is 0 Å². The summed E-state index contributed by atoms with van der Waals surface area (Å²) in [6.45, 7) is -0.0708. The number of amides is 2. The molecular formula is C12H13BrF2N2O4. The molecule has 0 spiro atoms. The van der Waals surface area contributed by atoms with E-state index in [1.165, 1.54) is 7.11 Å². The molecule has 1 rings (SSSR count). The number of carbonyl (C=O) groups excluding carboxylic acids is 1. The molecule has 3 N–H and O–H groups in total. The first-order chi connectivity index (χ1) is 9.83. The fourth-order valence-electron chi connectivity index (χ4n) is 1.42. The number of rotatable bonds is 6. The molecular weight excluding hydrogens is 354 g/mol. The number of hydrogen-bond acceptors (Lipinski definition) is 3. The number of halogens is 3. The van der Waals surface area contributed by atoms with E-state index in [9.17, 15) is 18.4 Å². The van der Waals surface area contributed by atoms with Crippen molar-refractivity contribution in [2.45, 2.75) is 12.5 Å². The third-order valence-corrected chi connectivity index (χ3v) is 3.09. The Kier molecular flexibility index (Phi) is 6.50. The van der Waals surface area contributed by atoms with Gasteiger partial charge in [-0.1, -0.05) is 0 Å². The number of carbonyl (C=O) groups is 2. The Balaban J connectivity index is 2.58. The van der Waals surface area contributed by atoms with Crippen LogP contribution in [0, 0.1) is 11.6 Å². The van der Waals surface area contributed by atoms with E-state index in [2.05, 4.69) is 26.6 Å². The molecule has 0 saturated carbocycles. The first-order valence-corrected chi connectivity index (χ1v) is 6.56. The Bertz CT molecular complexity index is 542. The van der Waals surface area contributed by atoms with Crippen molar-refractivity contribution in [3.63, 3.8) is 0 Å². The van der Waals surface area contributed by atoms with Crippen LogP contribution in [0.5, 0.6) is 0 Å². The smallest absolute Gasteiger partial charge is 0.319 e. The summed E-state index contributed by atoms with van der Waals surface area (Å²) in [6.07, 6.45) is -0.995. The molecule has 0 fully saturated rings. The van der Waals surface area contributed by atoms with Gasteiger partial charge in [0.2, 0.25) is 0 Å². The van der Waals surface area contributed by atoms with Gasteiger partial charge in [-0.05, 0) is 22.0 Å². The third kappa shape index (κ3) is 5.64. The molecule has 2 amide bonds. The van der Waals surface area contributed by atoms with E-state index >= 15 is 0 Å². The van der Waals surface area contributed by atoms with Crippen LogP contribution >= 0.6 is 15.9 Å². The molecule has 1 aromatic rings. The predicted molar refractivity (Wildman–Crippen MR) is 74.1 cm³/mol. The van der Waals surface area contributed by atoms with Crippen LogP contribution in [0.4, 0.5) is 19.3 Å². The number of methoxy groups -OCH3 is 1. The monoisotopic (exact) mass is 366 g/mol. The van der Waals surface area contributed by atoms with Crippen molar-refractivity contribution in [2.24, 2.45) is 0 Å². The summed E-state index contributed by atoms with van der Waals surface area (Å²) in [5.74, 6) is -2.79. The summed E-state index contributed by atoms with van der Waals surface area (Å²) in [7, 11) is 1.31. The van der Waals surface area contributed by atoms with Gasteiger partial charge in [-0.3, -0.25) is 4.79 Å². The van der Waals surface area contributed by atoms with E-state index < -0.39 is 29.7 Å². The number of carboxylic acids is 1. The van der Waals surface area contributed by atoms with E-state index in [0.717, 1.165) is 6.07 Å². The average Bonchev–Trinajstić information content (AvgIpc) is 2.40. The quantitative estimate of drug-likeness (QED) is 0.674. The van der Waals surface area contributed by atoms with Crippen LogP contribution in [-0.2, 0) is 9.53 Å². The fourth-order valence-corrected chi connectivity index (χ4v) is 1.77. The van der Waals surface area contributed by atoms with Crippen molar-refractivity contribution in [1.82, 2.24) is 5.32 Å². The van der Waals surface area contributed by atoms with Crippen LogP contribution in [0.25, 0.3) is 0 Å². The zero-order valence-electron chi connectivity index (χ0n) is 11.0. The largest absolute Gasteiger partial charge is 0.481 e. The highest BCUT2D eigenvalue weighted by molar-refractivity contribution is 9.10. The predicted octanol–water partition coefficient (Wildman–Crippen LogP) is 2.34. The van der Waals surface area contributed by atoms with Crippen molar-refractivity contribution < 1.29 is 28.2 Å². The standard InChI is InChI=1S/C12H13BrF2N2O4/c1-21-6(2-11(18)19)5-16-12(20)17-10-3-7(13)8(14)4-9(10)15/h3-4,6H,2,5H2,1H3,(H,18,19)(H2,16,17,20). The number of ether oxygens (including phenoxy) is 1. The van der Waals surface area contributed by atoms with Crippen molar-refractivity contribution >= 4 is 33.6 Å². The Hall–Kier alpha value is -1.74. The lowest BCUT2D eigenvalue weighted by Gasteiger charge is -2.14. The molecule has 0 radical (unpaired) electrons. The molecule has 1 unspecified atom stereocenters. The number of aliphatic carboxylic acids is 1. The Morgan fingerprint density at radius 2 is 2.05 bits per heavy atom. The average molecular weight is 367 g/mol. The normalized spacial score (nSPS) is 11.8. The molecule has 0 aliphatic carbocycles. The first kappa shape index (κ1) is 17.3. The molecule has 116 valence electrons. The van der Waals surface area contributed by atoms with Crippen molar-refractivity contribution in [1.29, 1.82) is 0 Å². The molecule has 21 heavy (non-hydrogen) atoms. The number of benzene rings is 1. The highest BCUT2D eigenvalue weighted by Gasteiger charge is 2.15. The highest BCUT2D eigenvalue weighted by atomic mass is 79.9. The van der Waals surface area contributed by atoms with E-state index in [0.29, 0.717) is 6.07 Å². The lowest BCUT2D eigenvalue weighted by atomic mass is 10.2.